The molecule has 2 aromatic rings. The first kappa shape index (κ1) is 20.0. The van der Waals surface area contributed by atoms with E-state index in [1.807, 2.05) is 60.7 Å². The van der Waals surface area contributed by atoms with Crippen molar-refractivity contribution in [1.82, 2.24) is 5.32 Å². The Morgan fingerprint density at radius 3 is 2.48 bits per heavy atom. The maximum absolute atomic E-state index is 11.7. The van der Waals surface area contributed by atoms with E-state index in [2.05, 4.69) is 5.32 Å². The van der Waals surface area contributed by atoms with Crippen LogP contribution in [-0.2, 0) is 30.3 Å². The summed E-state index contributed by atoms with van der Waals surface area (Å²) in [6.45, 7) is 1.93. The molecule has 0 spiro atoms. The standard InChI is InChI=1S/C22H25NO6/c1-14(24)23-18-19(25)20-17(13-27-21(29-20)16-10-6-3-7-11-16)28-22(18)26-12-15-8-4-2-5-9-15/h2-11,17-22,25H,12-13H2,1H3,(H,23,24)/t17-,18?,19?,20+,21?,22?/m0/s1. The molecular weight excluding hydrogens is 374 g/mol. The van der Waals surface area contributed by atoms with E-state index in [9.17, 15) is 9.90 Å². The molecule has 0 saturated carbocycles. The predicted molar refractivity (Wildman–Crippen MR) is 104 cm³/mol. The Labute approximate surface area is 169 Å². The largest absolute Gasteiger partial charge is 0.388 e. The van der Waals surface area contributed by atoms with Crippen LogP contribution in [0.3, 0.4) is 0 Å². The molecule has 4 unspecified atom stereocenters. The number of benzene rings is 2. The highest BCUT2D eigenvalue weighted by molar-refractivity contribution is 5.73. The third-order valence-corrected chi connectivity index (χ3v) is 5.06. The highest BCUT2D eigenvalue weighted by Crippen LogP contribution is 2.34. The number of carbonyl (C=O) groups is 1. The Bertz CT molecular complexity index is 801. The number of ether oxygens (including phenoxy) is 4. The van der Waals surface area contributed by atoms with Crippen LogP contribution in [0.1, 0.15) is 24.3 Å². The minimum Gasteiger partial charge on any atom is -0.388 e. The highest BCUT2D eigenvalue weighted by atomic mass is 16.7. The van der Waals surface area contributed by atoms with Gasteiger partial charge < -0.3 is 29.4 Å². The molecule has 7 nitrogen and oxygen atoms in total. The number of amides is 1. The van der Waals surface area contributed by atoms with Crippen LogP contribution in [0.15, 0.2) is 60.7 Å². The van der Waals surface area contributed by atoms with Crippen LogP contribution in [0.5, 0.6) is 0 Å². The second kappa shape index (κ2) is 9.02. The molecule has 4 rings (SSSR count). The average molecular weight is 399 g/mol. The molecule has 2 N–H and O–H groups in total. The lowest BCUT2D eigenvalue weighted by atomic mass is 9.95. The van der Waals surface area contributed by atoms with Gasteiger partial charge in [-0.3, -0.25) is 4.79 Å². The number of aliphatic hydroxyl groups excluding tert-OH is 1. The Morgan fingerprint density at radius 2 is 1.79 bits per heavy atom. The Hall–Kier alpha value is -2.29. The number of aliphatic hydroxyl groups is 1. The van der Waals surface area contributed by atoms with Crippen molar-refractivity contribution in [3.05, 3.63) is 71.8 Å². The minimum atomic E-state index is -1.01. The number of hydrogen-bond acceptors (Lipinski definition) is 6. The second-order valence-corrected chi connectivity index (χ2v) is 7.23. The Kier molecular flexibility index (Phi) is 6.22. The quantitative estimate of drug-likeness (QED) is 0.799. The normalized spacial score (nSPS) is 31.7. The average Bonchev–Trinajstić information content (AvgIpc) is 2.75. The summed E-state index contributed by atoms with van der Waals surface area (Å²) in [7, 11) is 0. The van der Waals surface area contributed by atoms with E-state index in [1.54, 1.807) is 0 Å². The van der Waals surface area contributed by atoms with Gasteiger partial charge >= 0.3 is 0 Å². The summed E-state index contributed by atoms with van der Waals surface area (Å²) in [6.07, 6.45) is -3.59. The van der Waals surface area contributed by atoms with Gasteiger partial charge in [0.05, 0.1) is 13.2 Å². The Morgan fingerprint density at radius 1 is 1.10 bits per heavy atom. The number of fused-ring (bicyclic) bond motifs is 1. The molecule has 2 saturated heterocycles. The van der Waals surface area contributed by atoms with Crippen molar-refractivity contribution >= 4 is 5.91 Å². The lowest BCUT2D eigenvalue weighted by molar-refractivity contribution is -0.345. The molecule has 7 heteroatoms. The monoisotopic (exact) mass is 399 g/mol. The summed E-state index contributed by atoms with van der Waals surface area (Å²) < 4.78 is 23.8. The summed E-state index contributed by atoms with van der Waals surface area (Å²) in [5.74, 6) is -0.281. The van der Waals surface area contributed by atoms with Crippen LogP contribution >= 0.6 is 0 Å². The molecule has 2 aromatic carbocycles. The van der Waals surface area contributed by atoms with Gasteiger partial charge in [-0.25, -0.2) is 0 Å². The van der Waals surface area contributed by atoms with E-state index >= 15 is 0 Å². The van der Waals surface area contributed by atoms with Crippen LogP contribution < -0.4 is 5.32 Å². The molecule has 0 bridgehead atoms. The minimum absolute atomic E-state index is 0.249. The van der Waals surface area contributed by atoms with E-state index in [0.29, 0.717) is 6.61 Å². The van der Waals surface area contributed by atoms with E-state index in [-0.39, 0.29) is 12.5 Å². The molecule has 0 radical (unpaired) electrons. The van der Waals surface area contributed by atoms with Gasteiger partial charge in [-0.1, -0.05) is 60.7 Å². The molecule has 2 aliphatic heterocycles. The predicted octanol–water partition coefficient (Wildman–Crippen LogP) is 1.91. The van der Waals surface area contributed by atoms with Crippen molar-refractivity contribution in [2.75, 3.05) is 6.61 Å². The molecular formula is C22H25NO6. The third-order valence-electron chi connectivity index (χ3n) is 5.06. The van der Waals surface area contributed by atoms with E-state index < -0.39 is 36.9 Å². The fourth-order valence-electron chi connectivity index (χ4n) is 3.65. The van der Waals surface area contributed by atoms with Crippen molar-refractivity contribution in [3.8, 4) is 0 Å². The van der Waals surface area contributed by atoms with Gasteiger partial charge in [-0.2, -0.15) is 0 Å². The zero-order valence-electron chi connectivity index (χ0n) is 16.1. The van der Waals surface area contributed by atoms with Gasteiger partial charge in [-0.05, 0) is 5.56 Å². The highest BCUT2D eigenvalue weighted by Gasteiger charge is 2.50. The molecule has 1 amide bonds. The van der Waals surface area contributed by atoms with Crippen LogP contribution in [-0.4, -0.2) is 48.3 Å². The number of rotatable bonds is 5. The van der Waals surface area contributed by atoms with Gasteiger partial charge in [0, 0.05) is 12.5 Å². The van der Waals surface area contributed by atoms with Gasteiger partial charge in [0.25, 0.3) is 0 Å². The first-order valence-corrected chi connectivity index (χ1v) is 9.70. The molecule has 6 atom stereocenters. The summed E-state index contributed by atoms with van der Waals surface area (Å²) in [5.41, 5.74) is 1.83. The zero-order valence-corrected chi connectivity index (χ0v) is 16.1. The van der Waals surface area contributed by atoms with Gasteiger partial charge in [0.2, 0.25) is 5.91 Å². The number of nitrogens with one attached hydrogen (secondary N) is 1. The van der Waals surface area contributed by atoms with Crippen LogP contribution in [0.4, 0.5) is 0 Å². The van der Waals surface area contributed by atoms with Crippen molar-refractivity contribution in [2.24, 2.45) is 0 Å². The van der Waals surface area contributed by atoms with E-state index in [0.717, 1.165) is 11.1 Å². The van der Waals surface area contributed by atoms with Crippen LogP contribution in [0, 0.1) is 0 Å². The zero-order chi connectivity index (χ0) is 20.2. The molecule has 0 aliphatic carbocycles. The van der Waals surface area contributed by atoms with Crippen molar-refractivity contribution in [1.29, 1.82) is 0 Å². The summed E-state index contributed by atoms with van der Waals surface area (Å²) in [6, 6.07) is 18.4. The smallest absolute Gasteiger partial charge is 0.217 e. The van der Waals surface area contributed by atoms with Gasteiger partial charge in [0.1, 0.15) is 24.4 Å². The van der Waals surface area contributed by atoms with Crippen molar-refractivity contribution < 1.29 is 28.8 Å². The molecule has 2 aliphatic rings. The lowest BCUT2D eigenvalue weighted by Gasteiger charge is -2.47. The maximum atomic E-state index is 11.7. The summed E-state index contributed by atoms with van der Waals surface area (Å²) >= 11 is 0. The van der Waals surface area contributed by atoms with Gasteiger partial charge in [-0.15, -0.1) is 0 Å². The van der Waals surface area contributed by atoms with Gasteiger partial charge in [0.15, 0.2) is 12.6 Å². The Balaban J connectivity index is 1.48. The molecule has 2 fully saturated rings. The summed E-state index contributed by atoms with van der Waals surface area (Å²) in [5, 5.41) is 13.7. The molecule has 2 heterocycles. The van der Waals surface area contributed by atoms with Crippen LogP contribution in [0.25, 0.3) is 0 Å². The third kappa shape index (κ3) is 4.66. The molecule has 154 valence electrons. The van der Waals surface area contributed by atoms with E-state index in [4.69, 9.17) is 18.9 Å². The van der Waals surface area contributed by atoms with Crippen molar-refractivity contribution in [3.63, 3.8) is 0 Å². The molecule has 29 heavy (non-hydrogen) atoms. The summed E-state index contributed by atoms with van der Waals surface area (Å²) in [4.78, 5) is 11.7. The van der Waals surface area contributed by atoms with Crippen LogP contribution in [0.2, 0.25) is 0 Å². The number of carbonyl (C=O) groups excluding carboxylic acids is 1. The van der Waals surface area contributed by atoms with E-state index in [1.165, 1.54) is 6.92 Å². The topological polar surface area (TPSA) is 86.3 Å². The number of hydrogen-bond donors (Lipinski definition) is 2. The molecule has 0 aromatic heterocycles. The maximum Gasteiger partial charge on any atom is 0.217 e. The first-order valence-electron chi connectivity index (χ1n) is 9.70. The second-order valence-electron chi connectivity index (χ2n) is 7.23. The lowest BCUT2D eigenvalue weighted by Crippen LogP contribution is -2.66. The SMILES string of the molecule is CC(=O)NC1C(OCc2ccccc2)O[C@H]2COC(c3ccccc3)O[C@H]2C1O. The fourth-order valence-corrected chi connectivity index (χ4v) is 3.65. The fraction of sp³-hybridized carbons (Fsp3) is 0.409. The first-order chi connectivity index (χ1) is 14.1. The van der Waals surface area contributed by atoms with Crippen molar-refractivity contribution in [2.45, 2.75) is 50.5 Å².